The van der Waals surface area contributed by atoms with Crippen LogP contribution in [0.25, 0.3) is 0 Å². The average molecular weight is 287 g/mol. The summed E-state index contributed by atoms with van der Waals surface area (Å²) in [5.74, 6) is -0.897. The lowest BCUT2D eigenvalue weighted by atomic mass is 9.91. The lowest BCUT2D eigenvalue weighted by Gasteiger charge is -2.38. The summed E-state index contributed by atoms with van der Waals surface area (Å²) in [7, 11) is -1.72. The zero-order chi connectivity index (χ0) is 15.3. The summed E-state index contributed by atoms with van der Waals surface area (Å²) < 4.78 is 6.20. The van der Waals surface area contributed by atoms with Crippen molar-refractivity contribution in [1.29, 1.82) is 0 Å². The number of hydrogen-bond acceptors (Lipinski definition) is 3. The number of aliphatic imine (C=N–C) groups is 1. The highest BCUT2D eigenvalue weighted by Crippen LogP contribution is 2.37. The molecular formula is C14H29NO3Si. The first-order valence-corrected chi connectivity index (χ1v) is 9.62. The topological polar surface area (TPSA) is 58.9 Å². The molecule has 0 aliphatic carbocycles. The van der Waals surface area contributed by atoms with Gasteiger partial charge in [-0.15, -0.1) is 0 Å². The largest absolute Gasteiger partial charge is 0.480 e. The normalized spacial score (nSPS) is 14.1. The molecule has 0 fully saturated rings. The SMILES string of the molecule is CC(C)(CC=NCC(=O)O)CO[Si](C)(C)C(C)(C)C. The van der Waals surface area contributed by atoms with Crippen molar-refractivity contribution in [3.8, 4) is 0 Å². The number of carboxylic acids is 1. The van der Waals surface area contributed by atoms with Crippen LogP contribution in [0.2, 0.25) is 18.1 Å². The van der Waals surface area contributed by atoms with E-state index in [1.807, 2.05) is 0 Å². The molecule has 0 aromatic carbocycles. The van der Waals surface area contributed by atoms with Crippen LogP contribution in [-0.4, -0.2) is 38.8 Å². The molecule has 0 amide bonds. The summed E-state index contributed by atoms with van der Waals surface area (Å²) in [5, 5.41) is 8.72. The Morgan fingerprint density at radius 1 is 1.26 bits per heavy atom. The fraction of sp³-hybridized carbons (Fsp3) is 0.857. The minimum atomic E-state index is -1.72. The highest BCUT2D eigenvalue weighted by molar-refractivity contribution is 6.74. The molecule has 0 rings (SSSR count). The van der Waals surface area contributed by atoms with Gasteiger partial charge < -0.3 is 9.53 Å². The second-order valence-electron chi connectivity index (χ2n) is 7.33. The third kappa shape index (κ3) is 7.47. The standard InChI is InChI=1S/C14H29NO3Si/c1-13(2,3)19(6,7)18-11-14(4,5)8-9-15-10-12(16)17/h9H,8,10-11H2,1-7H3,(H,16,17). The van der Waals surface area contributed by atoms with Gasteiger partial charge in [0.05, 0.1) is 0 Å². The molecular weight excluding hydrogens is 258 g/mol. The lowest BCUT2D eigenvalue weighted by molar-refractivity contribution is -0.135. The maximum atomic E-state index is 10.4. The first kappa shape index (κ1) is 18.3. The Hall–Kier alpha value is -0.683. The maximum absolute atomic E-state index is 10.4. The predicted octanol–water partition coefficient (Wildman–Crippen LogP) is 3.58. The van der Waals surface area contributed by atoms with Gasteiger partial charge in [0.15, 0.2) is 8.32 Å². The van der Waals surface area contributed by atoms with E-state index in [4.69, 9.17) is 9.53 Å². The van der Waals surface area contributed by atoms with Crippen LogP contribution in [0.3, 0.4) is 0 Å². The second-order valence-corrected chi connectivity index (χ2v) is 12.1. The van der Waals surface area contributed by atoms with Gasteiger partial charge in [-0.05, 0) is 30.0 Å². The summed E-state index contributed by atoms with van der Waals surface area (Å²) in [4.78, 5) is 14.2. The van der Waals surface area contributed by atoms with E-state index in [1.54, 1.807) is 6.21 Å². The van der Waals surface area contributed by atoms with Gasteiger partial charge in [-0.1, -0.05) is 34.6 Å². The summed E-state index contributed by atoms with van der Waals surface area (Å²) in [6.45, 7) is 15.9. The van der Waals surface area contributed by atoms with Gasteiger partial charge in [-0.2, -0.15) is 0 Å². The molecule has 1 N–H and O–H groups in total. The van der Waals surface area contributed by atoms with Crippen LogP contribution >= 0.6 is 0 Å². The van der Waals surface area contributed by atoms with E-state index in [2.05, 4.69) is 52.7 Å². The van der Waals surface area contributed by atoms with Crippen molar-refractivity contribution in [2.45, 2.75) is 59.2 Å². The predicted molar refractivity (Wildman–Crippen MR) is 82.5 cm³/mol. The molecule has 19 heavy (non-hydrogen) atoms. The van der Waals surface area contributed by atoms with Crippen LogP contribution in [0, 0.1) is 5.41 Å². The molecule has 0 unspecified atom stereocenters. The monoisotopic (exact) mass is 287 g/mol. The Morgan fingerprint density at radius 3 is 2.21 bits per heavy atom. The van der Waals surface area contributed by atoms with Crippen LogP contribution in [0.1, 0.15) is 41.0 Å². The van der Waals surface area contributed by atoms with E-state index in [0.29, 0.717) is 6.61 Å². The summed E-state index contributed by atoms with van der Waals surface area (Å²) in [6, 6.07) is 0. The van der Waals surface area contributed by atoms with Crippen molar-refractivity contribution >= 4 is 20.5 Å². The van der Waals surface area contributed by atoms with E-state index in [1.165, 1.54) is 0 Å². The molecule has 0 heterocycles. The molecule has 0 aromatic rings. The number of carboxylic acid groups (broad SMARTS) is 1. The van der Waals surface area contributed by atoms with Gasteiger partial charge in [-0.25, -0.2) is 0 Å². The van der Waals surface area contributed by atoms with E-state index in [9.17, 15) is 4.79 Å². The van der Waals surface area contributed by atoms with Crippen molar-refractivity contribution in [3.05, 3.63) is 0 Å². The smallest absolute Gasteiger partial charge is 0.325 e. The number of hydrogen-bond donors (Lipinski definition) is 1. The zero-order valence-corrected chi connectivity index (χ0v) is 14.4. The molecule has 0 spiro atoms. The fourth-order valence-electron chi connectivity index (χ4n) is 1.11. The van der Waals surface area contributed by atoms with Gasteiger partial charge in [0.1, 0.15) is 6.54 Å². The molecule has 0 saturated heterocycles. The van der Waals surface area contributed by atoms with Crippen LogP contribution in [-0.2, 0) is 9.22 Å². The van der Waals surface area contributed by atoms with Crippen molar-refractivity contribution < 1.29 is 14.3 Å². The molecule has 5 heteroatoms. The molecule has 0 atom stereocenters. The van der Waals surface area contributed by atoms with Gasteiger partial charge >= 0.3 is 5.97 Å². The Morgan fingerprint density at radius 2 is 1.79 bits per heavy atom. The molecule has 112 valence electrons. The number of carbonyl (C=O) groups is 1. The third-order valence-corrected chi connectivity index (χ3v) is 8.11. The fourth-order valence-corrected chi connectivity index (χ4v) is 2.29. The molecule has 4 nitrogen and oxygen atoms in total. The Balaban J connectivity index is 4.31. The molecule has 0 aliphatic heterocycles. The number of nitrogens with zero attached hydrogens (tertiary/aromatic N) is 1. The molecule has 0 bridgehead atoms. The highest BCUT2D eigenvalue weighted by atomic mass is 28.4. The summed E-state index contributed by atoms with van der Waals surface area (Å²) in [6.07, 6.45) is 2.43. The summed E-state index contributed by atoms with van der Waals surface area (Å²) in [5.41, 5.74) is -0.0163. The molecule has 0 saturated carbocycles. The maximum Gasteiger partial charge on any atom is 0.325 e. The van der Waals surface area contributed by atoms with Gasteiger partial charge in [0, 0.05) is 12.8 Å². The van der Waals surface area contributed by atoms with Crippen molar-refractivity contribution in [3.63, 3.8) is 0 Å². The number of aliphatic carboxylic acids is 1. The van der Waals surface area contributed by atoms with Crippen LogP contribution in [0.5, 0.6) is 0 Å². The minimum Gasteiger partial charge on any atom is -0.480 e. The molecule has 0 aromatic heterocycles. The highest BCUT2D eigenvalue weighted by Gasteiger charge is 2.38. The van der Waals surface area contributed by atoms with Gasteiger partial charge in [0.2, 0.25) is 0 Å². The van der Waals surface area contributed by atoms with E-state index >= 15 is 0 Å². The van der Waals surface area contributed by atoms with E-state index in [0.717, 1.165) is 6.42 Å². The average Bonchev–Trinajstić information content (AvgIpc) is 2.20. The van der Waals surface area contributed by atoms with Crippen molar-refractivity contribution in [1.82, 2.24) is 0 Å². The Bertz CT molecular complexity index is 330. The van der Waals surface area contributed by atoms with Crippen molar-refractivity contribution in [2.75, 3.05) is 13.2 Å². The first-order valence-electron chi connectivity index (χ1n) is 6.71. The lowest BCUT2D eigenvalue weighted by Crippen LogP contribution is -2.43. The van der Waals surface area contributed by atoms with Crippen LogP contribution in [0.15, 0.2) is 4.99 Å². The third-order valence-electron chi connectivity index (χ3n) is 3.63. The van der Waals surface area contributed by atoms with E-state index < -0.39 is 14.3 Å². The van der Waals surface area contributed by atoms with Crippen LogP contribution < -0.4 is 0 Å². The van der Waals surface area contributed by atoms with Crippen molar-refractivity contribution in [2.24, 2.45) is 10.4 Å². The zero-order valence-electron chi connectivity index (χ0n) is 13.4. The van der Waals surface area contributed by atoms with Gasteiger partial charge in [0.25, 0.3) is 0 Å². The Labute approximate surface area is 118 Å². The quantitative estimate of drug-likeness (QED) is 0.575. The Kier molecular flexibility index (Phi) is 6.42. The number of rotatable bonds is 7. The molecule has 0 radical (unpaired) electrons. The van der Waals surface area contributed by atoms with Gasteiger partial charge in [-0.3, -0.25) is 9.79 Å². The molecule has 0 aliphatic rings. The summed E-state index contributed by atoms with van der Waals surface area (Å²) >= 11 is 0. The van der Waals surface area contributed by atoms with Crippen LogP contribution in [0.4, 0.5) is 0 Å². The minimum absolute atomic E-state index is 0.0163. The first-order chi connectivity index (χ1) is 8.37. The van der Waals surface area contributed by atoms with E-state index in [-0.39, 0.29) is 17.0 Å². The second kappa shape index (κ2) is 6.66.